The molecule has 37 heavy (non-hydrogen) atoms. The SMILES string of the molecule is CC12CC=C3C=C4CCC(N5C6CCC5CC6)C[C@]45CC[C@]3(O5)[C@@H]1CCC2c1ccc2ccncc2c1. The minimum absolute atomic E-state index is 0.0211. The molecule has 2 saturated carbocycles. The Hall–Kier alpha value is -1.97. The molecule has 5 fully saturated rings. The first kappa shape index (κ1) is 21.9. The van der Waals surface area contributed by atoms with Gasteiger partial charge in [0.25, 0.3) is 0 Å². The summed E-state index contributed by atoms with van der Waals surface area (Å²) < 4.78 is 7.62. The number of rotatable bonds is 2. The van der Waals surface area contributed by atoms with E-state index in [4.69, 9.17) is 4.74 Å². The molecule has 192 valence electrons. The van der Waals surface area contributed by atoms with Crippen molar-refractivity contribution in [3.8, 4) is 0 Å². The minimum atomic E-state index is -0.0461. The molecule has 1 aromatic heterocycles. The number of fused-ring (bicyclic) bond motifs is 4. The summed E-state index contributed by atoms with van der Waals surface area (Å²) in [6.45, 7) is 2.60. The molecule has 0 N–H and O–H groups in total. The van der Waals surface area contributed by atoms with E-state index >= 15 is 0 Å². The standard InChI is InChI=1S/C34H40N2O/c1-32-14-12-26-19-25-4-5-29(36-27-6-7-28(36)9-8-27)20-33(25)15-16-34(26,37-33)31(32)11-10-30(32)23-3-2-22-13-17-35-21-24(22)18-23/h2-3,12-13,17-19,21,27-31H,4-11,14-16,20H2,1H3/t27?,28?,29?,30?,31-,32?,33-,34-/m1/s1. The zero-order chi connectivity index (χ0) is 24.4. The van der Waals surface area contributed by atoms with Gasteiger partial charge in [-0.2, -0.15) is 0 Å². The first-order valence-corrected chi connectivity index (χ1v) is 15.3. The van der Waals surface area contributed by atoms with E-state index in [1.807, 2.05) is 12.4 Å². The molecule has 9 rings (SSSR count). The van der Waals surface area contributed by atoms with Crippen molar-refractivity contribution in [2.24, 2.45) is 11.3 Å². The van der Waals surface area contributed by atoms with Crippen LogP contribution in [0.2, 0.25) is 0 Å². The van der Waals surface area contributed by atoms with Crippen molar-refractivity contribution < 1.29 is 4.74 Å². The number of ether oxygens (including phenoxy) is 1. The van der Waals surface area contributed by atoms with Crippen LogP contribution in [-0.2, 0) is 4.74 Å². The van der Waals surface area contributed by atoms with E-state index in [0.29, 0.717) is 11.8 Å². The van der Waals surface area contributed by atoms with Crippen molar-refractivity contribution in [1.82, 2.24) is 9.88 Å². The molecule has 1 aromatic carbocycles. The number of benzene rings is 1. The Morgan fingerprint density at radius 3 is 2.65 bits per heavy atom. The number of nitrogens with zero attached hydrogens (tertiary/aromatic N) is 2. The Morgan fingerprint density at radius 2 is 1.78 bits per heavy atom. The van der Waals surface area contributed by atoms with Gasteiger partial charge in [-0.3, -0.25) is 9.88 Å². The van der Waals surface area contributed by atoms with Crippen LogP contribution in [0.3, 0.4) is 0 Å². The van der Waals surface area contributed by atoms with Gasteiger partial charge in [0.1, 0.15) is 0 Å². The Kier molecular flexibility index (Phi) is 4.36. The van der Waals surface area contributed by atoms with Crippen LogP contribution in [0.1, 0.15) is 95.5 Å². The second-order valence-electron chi connectivity index (χ2n) is 14.0. The Labute approximate surface area is 221 Å². The number of hydrogen-bond donors (Lipinski definition) is 0. The van der Waals surface area contributed by atoms with Crippen molar-refractivity contribution >= 4 is 10.8 Å². The summed E-state index contributed by atoms with van der Waals surface area (Å²) in [4.78, 5) is 7.39. The van der Waals surface area contributed by atoms with Crippen LogP contribution in [0.5, 0.6) is 0 Å². The van der Waals surface area contributed by atoms with Gasteiger partial charge in [-0.05, 0) is 129 Å². The highest BCUT2D eigenvalue weighted by Gasteiger charge is 2.67. The van der Waals surface area contributed by atoms with Gasteiger partial charge in [0, 0.05) is 35.9 Å². The van der Waals surface area contributed by atoms with Gasteiger partial charge >= 0.3 is 0 Å². The maximum atomic E-state index is 7.62. The topological polar surface area (TPSA) is 25.4 Å². The second-order valence-corrected chi connectivity index (χ2v) is 14.0. The van der Waals surface area contributed by atoms with Crippen LogP contribution in [0, 0.1) is 11.3 Å². The zero-order valence-electron chi connectivity index (χ0n) is 22.3. The molecule has 3 saturated heterocycles. The fourth-order valence-electron chi connectivity index (χ4n) is 11.1. The molecular weight excluding hydrogens is 452 g/mol. The summed E-state index contributed by atoms with van der Waals surface area (Å²) in [5.41, 5.74) is 4.96. The van der Waals surface area contributed by atoms with Crippen molar-refractivity contribution in [2.45, 2.75) is 119 Å². The Balaban J connectivity index is 1.06. The first-order valence-electron chi connectivity index (χ1n) is 15.3. The van der Waals surface area contributed by atoms with Gasteiger partial charge in [-0.15, -0.1) is 0 Å². The molecule has 3 aliphatic carbocycles. The second kappa shape index (κ2) is 7.36. The lowest BCUT2D eigenvalue weighted by atomic mass is 9.58. The summed E-state index contributed by atoms with van der Waals surface area (Å²) in [7, 11) is 0. The molecule has 3 heteroatoms. The summed E-state index contributed by atoms with van der Waals surface area (Å²) in [5, 5.41) is 2.58. The molecule has 5 heterocycles. The van der Waals surface area contributed by atoms with E-state index in [-0.39, 0.29) is 16.6 Å². The van der Waals surface area contributed by atoms with Crippen LogP contribution < -0.4 is 0 Å². The lowest BCUT2D eigenvalue weighted by Gasteiger charge is -2.55. The van der Waals surface area contributed by atoms with Crippen LogP contribution in [0.4, 0.5) is 0 Å². The number of allylic oxidation sites excluding steroid dienone is 1. The molecule has 4 aliphatic heterocycles. The van der Waals surface area contributed by atoms with Crippen LogP contribution in [0.25, 0.3) is 10.8 Å². The smallest absolute Gasteiger partial charge is 0.0974 e. The largest absolute Gasteiger partial charge is 0.359 e. The van der Waals surface area contributed by atoms with Crippen LogP contribution >= 0.6 is 0 Å². The highest BCUT2D eigenvalue weighted by Crippen LogP contribution is 2.69. The third kappa shape index (κ3) is 2.78. The molecule has 0 amide bonds. The third-order valence-corrected chi connectivity index (χ3v) is 12.7. The monoisotopic (exact) mass is 492 g/mol. The van der Waals surface area contributed by atoms with Gasteiger partial charge in [-0.25, -0.2) is 0 Å². The van der Waals surface area contributed by atoms with Gasteiger partial charge in [-0.1, -0.05) is 31.2 Å². The molecular formula is C34H40N2O. The third-order valence-electron chi connectivity index (χ3n) is 12.7. The zero-order valence-corrected chi connectivity index (χ0v) is 22.3. The van der Waals surface area contributed by atoms with E-state index in [1.165, 1.54) is 93.4 Å². The maximum absolute atomic E-state index is 7.62. The minimum Gasteiger partial charge on any atom is -0.359 e. The van der Waals surface area contributed by atoms with Crippen LogP contribution in [0.15, 0.2) is 60.0 Å². The molecule has 2 aromatic rings. The van der Waals surface area contributed by atoms with Crippen LogP contribution in [-0.4, -0.2) is 39.2 Å². The highest BCUT2D eigenvalue weighted by molar-refractivity contribution is 5.82. The Bertz CT molecular complexity index is 1340. The predicted molar refractivity (Wildman–Crippen MR) is 147 cm³/mol. The summed E-state index contributed by atoms with van der Waals surface area (Å²) in [6.07, 6.45) is 25.1. The van der Waals surface area contributed by atoms with Gasteiger partial charge in [0.15, 0.2) is 0 Å². The van der Waals surface area contributed by atoms with E-state index in [9.17, 15) is 0 Å². The first-order chi connectivity index (χ1) is 18.1. The predicted octanol–water partition coefficient (Wildman–Crippen LogP) is 7.47. The van der Waals surface area contributed by atoms with Gasteiger partial charge < -0.3 is 4.74 Å². The Morgan fingerprint density at radius 1 is 0.919 bits per heavy atom. The lowest BCUT2D eigenvalue weighted by molar-refractivity contribution is -0.141. The van der Waals surface area contributed by atoms with Gasteiger partial charge in [0.05, 0.1) is 11.2 Å². The fourth-order valence-corrected chi connectivity index (χ4v) is 11.1. The van der Waals surface area contributed by atoms with E-state index in [1.54, 1.807) is 11.1 Å². The average molecular weight is 493 g/mol. The molecule has 7 aliphatic rings. The fraction of sp³-hybridized carbons (Fsp3) is 0.618. The van der Waals surface area contributed by atoms with E-state index < -0.39 is 0 Å². The number of aromatic nitrogens is 1. The van der Waals surface area contributed by atoms with Crippen molar-refractivity contribution in [2.75, 3.05) is 0 Å². The molecule has 3 unspecified atom stereocenters. The molecule has 3 nitrogen and oxygen atoms in total. The van der Waals surface area contributed by atoms with E-state index in [0.717, 1.165) is 18.1 Å². The average Bonchev–Trinajstić information content (AvgIpc) is 3.68. The molecule has 0 radical (unpaired) electrons. The van der Waals surface area contributed by atoms with Crippen molar-refractivity contribution in [3.05, 3.63) is 65.5 Å². The number of hydrogen-bond acceptors (Lipinski definition) is 3. The molecule has 6 atom stereocenters. The van der Waals surface area contributed by atoms with E-state index in [2.05, 4.69) is 53.2 Å². The summed E-state index contributed by atoms with van der Waals surface area (Å²) in [6, 6.07) is 11.8. The van der Waals surface area contributed by atoms with Crippen molar-refractivity contribution in [3.63, 3.8) is 0 Å². The highest BCUT2D eigenvalue weighted by atomic mass is 16.5. The lowest BCUT2D eigenvalue weighted by Crippen LogP contribution is -2.55. The maximum Gasteiger partial charge on any atom is 0.0974 e. The normalized spacial score (nSPS) is 45.9. The molecule has 4 bridgehead atoms. The quantitative estimate of drug-likeness (QED) is 0.435. The van der Waals surface area contributed by atoms with Crippen molar-refractivity contribution in [1.29, 1.82) is 0 Å². The summed E-state index contributed by atoms with van der Waals surface area (Å²) in [5.74, 6) is 1.22. The summed E-state index contributed by atoms with van der Waals surface area (Å²) >= 11 is 0. The number of pyridine rings is 1. The van der Waals surface area contributed by atoms with Gasteiger partial charge in [0.2, 0.25) is 0 Å². The molecule has 2 spiro atoms.